The molecule has 1 heterocycles. The van der Waals surface area contributed by atoms with Gasteiger partial charge in [0.15, 0.2) is 5.82 Å². The molecule has 1 atom stereocenters. The van der Waals surface area contributed by atoms with Gasteiger partial charge in [0, 0.05) is 30.1 Å². The Balaban J connectivity index is 1.10. The fraction of sp³-hybridized carbons (Fsp3) is 0.447. The van der Waals surface area contributed by atoms with Crippen molar-refractivity contribution < 1.29 is 27.9 Å². The first-order valence-corrected chi connectivity index (χ1v) is 19.1. The molecule has 1 saturated carbocycles. The number of sulfonamides is 1. The van der Waals surface area contributed by atoms with E-state index in [1.807, 2.05) is 24.5 Å². The summed E-state index contributed by atoms with van der Waals surface area (Å²) < 4.78 is 26.8. The maximum atomic E-state index is 12.9. The van der Waals surface area contributed by atoms with Crippen molar-refractivity contribution in [3.8, 4) is 11.4 Å². The van der Waals surface area contributed by atoms with E-state index in [0.29, 0.717) is 17.0 Å². The predicted molar refractivity (Wildman–Crippen MR) is 192 cm³/mol. The lowest BCUT2D eigenvalue weighted by molar-refractivity contribution is -0.144. The number of rotatable bonds is 15. The molecule has 1 fully saturated rings. The number of carbonyl (C=O) groups is 3. The Labute approximate surface area is 294 Å². The number of hydrogen-bond acceptors (Lipinski definition) is 7. The van der Waals surface area contributed by atoms with Gasteiger partial charge >= 0.3 is 5.97 Å². The number of carboxylic acid groups (broad SMARTS) is 1. The van der Waals surface area contributed by atoms with E-state index in [1.165, 1.54) is 44.1 Å². The van der Waals surface area contributed by atoms with Gasteiger partial charge in [-0.1, -0.05) is 86.9 Å². The van der Waals surface area contributed by atoms with Gasteiger partial charge in [-0.25, -0.2) is 23.1 Å². The number of nitrogens with zero attached hydrogens (tertiary/aromatic N) is 3. The van der Waals surface area contributed by atoms with Crippen LogP contribution in [-0.2, 0) is 36.7 Å². The largest absolute Gasteiger partial charge is 0.480 e. The number of hydrogen-bond donors (Lipinski definition) is 3. The van der Waals surface area contributed by atoms with Crippen molar-refractivity contribution in [2.75, 3.05) is 19.6 Å². The maximum Gasteiger partial charge on any atom is 0.323 e. The Kier molecular flexibility index (Phi) is 12.9. The second kappa shape index (κ2) is 17.5. The Bertz CT molecular complexity index is 1740. The van der Waals surface area contributed by atoms with Crippen LogP contribution in [0.1, 0.15) is 75.0 Å². The van der Waals surface area contributed by atoms with Crippen LogP contribution in [0.15, 0.2) is 73.1 Å². The molecule has 3 N–H and O–H groups in total. The quantitative estimate of drug-likeness (QED) is 0.195. The number of carboxylic acids is 1. The molecule has 50 heavy (non-hydrogen) atoms. The molecule has 0 bridgehead atoms. The van der Waals surface area contributed by atoms with Crippen LogP contribution in [0.5, 0.6) is 0 Å². The van der Waals surface area contributed by atoms with E-state index in [2.05, 4.69) is 33.0 Å². The summed E-state index contributed by atoms with van der Waals surface area (Å²) >= 11 is 0. The van der Waals surface area contributed by atoms with Gasteiger partial charge in [0.2, 0.25) is 21.8 Å². The normalized spacial score (nSPS) is 19.3. The molecule has 0 saturated heterocycles. The lowest BCUT2D eigenvalue weighted by Gasteiger charge is -2.35. The third-order valence-electron chi connectivity index (χ3n) is 9.96. The molecule has 2 amide bonds. The van der Waals surface area contributed by atoms with Crippen LogP contribution in [0.3, 0.4) is 0 Å². The molecule has 2 aromatic carbocycles. The third-order valence-corrected chi connectivity index (χ3v) is 11.3. The molecule has 1 unspecified atom stereocenters. The first kappa shape index (κ1) is 36.9. The number of aliphatic carboxylic acids is 1. The summed E-state index contributed by atoms with van der Waals surface area (Å²) in [6.45, 7) is 0.709. The summed E-state index contributed by atoms with van der Waals surface area (Å²) in [7, 11) is -3.78. The lowest BCUT2D eigenvalue weighted by atomic mass is 9.71. The van der Waals surface area contributed by atoms with Gasteiger partial charge in [-0.3, -0.25) is 14.4 Å². The summed E-state index contributed by atoms with van der Waals surface area (Å²) in [6.07, 6.45) is 16.4. The zero-order valence-electron chi connectivity index (χ0n) is 28.6. The highest BCUT2D eigenvalue weighted by molar-refractivity contribution is 7.88. The molecular weight excluding hydrogens is 655 g/mol. The SMILES string of the molecule is CC[C@H]1CC[C@H](C2CC=C(c3cnc(-c4ccc(CN(CC(=O)O)C(=O)CNC(=O)CNS(=O)(=O)Cc5ccccc5)cc4)nc3)CC2)CC1. The average Bonchev–Trinajstić information content (AvgIpc) is 3.13. The number of allylic oxidation sites excluding steroid dienone is 2. The number of amides is 2. The van der Waals surface area contributed by atoms with Gasteiger partial charge < -0.3 is 15.3 Å². The average molecular weight is 702 g/mol. The summed E-state index contributed by atoms with van der Waals surface area (Å²) in [6, 6.07) is 15.8. The molecule has 0 aliphatic heterocycles. The standard InChI is InChI=1S/C38H47N5O6S/c1-2-27-8-12-30(13-9-27)31-16-18-32(19-17-31)34-20-40-38(41-21-34)33-14-10-28(11-15-33)24-43(25-37(46)47)36(45)23-39-35(44)22-42-50(48,49)26-29-6-4-3-5-7-29/h3-7,10-11,14-15,18,20-21,27,30-31,42H,2,8-9,12-13,16-17,19,22-26H2,1H3,(H,39,44)(H,46,47)/t27-,30-,31?. The molecule has 11 nitrogen and oxygen atoms in total. The number of nitrogens with one attached hydrogen (secondary N) is 2. The Morgan fingerprint density at radius 1 is 0.860 bits per heavy atom. The van der Waals surface area contributed by atoms with Gasteiger partial charge in [0.05, 0.1) is 18.8 Å². The molecule has 266 valence electrons. The molecule has 3 aromatic rings. The molecule has 0 spiro atoms. The summed E-state index contributed by atoms with van der Waals surface area (Å²) in [5.74, 6) is 0.312. The number of aromatic nitrogens is 2. The molecule has 12 heteroatoms. The zero-order chi connectivity index (χ0) is 35.5. The smallest absolute Gasteiger partial charge is 0.323 e. The Morgan fingerprint density at radius 2 is 1.56 bits per heavy atom. The fourth-order valence-corrected chi connectivity index (χ4v) is 8.08. The molecule has 5 rings (SSSR count). The second-order valence-corrected chi connectivity index (χ2v) is 15.2. The minimum atomic E-state index is -3.78. The van der Waals surface area contributed by atoms with Crippen molar-refractivity contribution in [2.24, 2.45) is 17.8 Å². The molecule has 1 aromatic heterocycles. The Hall–Kier alpha value is -4.42. The van der Waals surface area contributed by atoms with E-state index < -0.39 is 47.4 Å². The van der Waals surface area contributed by atoms with Crippen molar-refractivity contribution in [1.29, 1.82) is 0 Å². The van der Waals surface area contributed by atoms with Gasteiger partial charge in [0.25, 0.3) is 0 Å². The van der Waals surface area contributed by atoms with Crippen molar-refractivity contribution in [3.05, 3.63) is 89.8 Å². The van der Waals surface area contributed by atoms with Crippen molar-refractivity contribution in [1.82, 2.24) is 24.9 Å². The molecular formula is C38H47N5O6S. The van der Waals surface area contributed by atoms with E-state index >= 15 is 0 Å². The van der Waals surface area contributed by atoms with Crippen LogP contribution in [0.2, 0.25) is 0 Å². The van der Waals surface area contributed by atoms with Crippen molar-refractivity contribution >= 4 is 33.4 Å². The van der Waals surface area contributed by atoms with Crippen molar-refractivity contribution in [3.63, 3.8) is 0 Å². The van der Waals surface area contributed by atoms with Crippen LogP contribution in [0, 0.1) is 17.8 Å². The van der Waals surface area contributed by atoms with E-state index in [9.17, 15) is 27.9 Å². The first-order valence-electron chi connectivity index (χ1n) is 17.5. The van der Waals surface area contributed by atoms with Crippen LogP contribution in [0.25, 0.3) is 17.0 Å². The van der Waals surface area contributed by atoms with Gasteiger partial charge in [0.1, 0.15) is 6.54 Å². The Morgan fingerprint density at radius 3 is 2.18 bits per heavy atom. The van der Waals surface area contributed by atoms with E-state index in [4.69, 9.17) is 0 Å². The van der Waals surface area contributed by atoms with Crippen LogP contribution >= 0.6 is 0 Å². The zero-order valence-corrected chi connectivity index (χ0v) is 29.4. The van der Waals surface area contributed by atoms with Gasteiger partial charge in [-0.05, 0) is 66.6 Å². The first-order chi connectivity index (χ1) is 24.1. The topological polar surface area (TPSA) is 159 Å². The molecule has 2 aliphatic rings. The monoisotopic (exact) mass is 701 g/mol. The molecule has 0 radical (unpaired) electrons. The predicted octanol–water partition coefficient (Wildman–Crippen LogP) is 5.19. The maximum absolute atomic E-state index is 12.9. The summed E-state index contributed by atoms with van der Waals surface area (Å²) in [5.41, 5.74) is 4.41. The summed E-state index contributed by atoms with van der Waals surface area (Å²) in [4.78, 5) is 47.0. The van der Waals surface area contributed by atoms with Crippen LogP contribution in [-0.4, -0.2) is 65.8 Å². The highest BCUT2D eigenvalue weighted by atomic mass is 32.2. The summed E-state index contributed by atoms with van der Waals surface area (Å²) in [5, 5.41) is 11.8. The van der Waals surface area contributed by atoms with Gasteiger partial charge in [-0.2, -0.15) is 0 Å². The van der Waals surface area contributed by atoms with Crippen LogP contribution in [0.4, 0.5) is 0 Å². The molecule has 2 aliphatic carbocycles. The second-order valence-electron chi connectivity index (χ2n) is 13.4. The van der Waals surface area contributed by atoms with Crippen LogP contribution < -0.4 is 10.0 Å². The van der Waals surface area contributed by atoms with Gasteiger partial charge in [-0.15, -0.1) is 0 Å². The number of benzene rings is 2. The minimum absolute atomic E-state index is 0.0000250. The van der Waals surface area contributed by atoms with E-state index in [-0.39, 0.29) is 12.3 Å². The fourth-order valence-electron chi connectivity index (χ4n) is 7.00. The van der Waals surface area contributed by atoms with E-state index in [1.54, 1.807) is 42.5 Å². The van der Waals surface area contributed by atoms with E-state index in [0.717, 1.165) is 46.6 Å². The highest BCUT2D eigenvalue weighted by Crippen LogP contribution is 2.41. The lowest BCUT2D eigenvalue weighted by Crippen LogP contribution is -2.44. The number of carbonyl (C=O) groups excluding carboxylic acids is 2. The highest BCUT2D eigenvalue weighted by Gasteiger charge is 2.28. The third kappa shape index (κ3) is 10.8. The minimum Gasteiger partial charge on any atom is -0.480 e. The van der Waals surface area contributed by atoms with Crippen molar-refractivity contribution in [2.45, 2.75) is 70.6 Å².